The molecule has 0 fully saturated rings. The lowest BCUT2D eigenvalue weighted by molar-refractivity contribution is -0.116. The van der Waals surface area contributed by atoms with Crippen molar-refractivity contribution in [2.45, 2.75) is 43.9 Å². The van der Waals surface area contributed by atoms with Crippen LogP contribution in [-0.2, 0) is 13.8 Å². The van der Waals surface area contributed by atoms with Gasteiger partial charge in [0.05, 0.1) is 0 Å². The van der Waals surface area contributed by atoms with E-state index in [4.69, 9.17) is 10.7 Å². The number of nitrogens with one attached hydrogen (secondary N) is 1. The number of unbranched alkanes of at least 4 members (excludes halogenated alkanes) is 3. The van der Waals surface area contributed by atoms with E-state index in [2.05, 4.69) is 12.2 Å². The zero-order valence-corrected chi connectivity index (χ0v) is 12.7. The molecule has 1 N–H and O–H groups in total. The van der Waals surface area contributed by atoms with Crippen LogP contribution in [0.25, 0.3) is 0 Å². The van der Waals surface area contributed by atoms with Gasteiger partial charge >= 0.3 is 0 Å². The van der Waals surface area contributed by atoms with E-state index in [9.17, 15) is 17.6 Å². The molecule has 0 aliphatic heterocycles. The Hall–Kier alpha value is -1.14. The number of halogens is 2. The van der Waals surface area contributed by atoms with Gasteiger partial charge in [-0.05, 0) is 24.6 Å². The molecule has 1 aromatic carbocycles. The molecule has 0 aromatic heterocycles. The molecule has 112 valence electrons. The predicted octanol–water partition coefficient (Wildman–Crippen LogP) is 3.66. The largest absolute Gasteiger partial charge is 0.326 e. The van der Waals surface area contributed by atoms with Crippen molar-refractivity contribution in [3.63, 3.8) is 0 Å². The molecule has 1 rings (SSSR count). The third-order valence-electron chi connectivity index (χ3n) is 2.74. The highest BCUT2D eigenvalue weighted by Gasteiger charge is 2.16. The highest BCUT2D eigenvalue weighted by Crippen LogP contribution is 2.22. The van der Waals surface area contributed by atoms with E-state index >= 15 is 0 Å². The Morgan fingerprint density at radius 1 is 1.30 bits per heavy atom. The third kappa shape index (κ3) is 5.46. The second-order valence-corrected chi connectivity index (χ2v) is 6.98. The first-order valence-corrected chi connectivity index (χ1v) is 8.69. The van der Waals surface area contributed by atoms with Crippen LogP contribution in [0, 0.1) is 5.82 Å². The SMILES string of the molecule is CCCCCCC(=O)Nc1ccc(S(=O)(=O)Cl)c(F)c1. The lowest BCUT2D eigenvalue weighted by atomic mass is 10.1. The number of carbonyl (C=O) groups excluding carboxylic acids is 1. The fraction of sp³-hybridized carbons (Fsp3) is 0.462. The van der Waals surface area contributed by atoms with Crippen molar-refractivity contribution < 1.29 is 17.6 Å². The minimum absolute atomic E-state index is 0.215. The summed E-state index contributed by atoms with van der Waals surface area (Å²) in [6.45, 7) is 2.08. The third-order valence-corrected chi connectivity index (χ3v) is 4.09. The van der Waals surface area contributed by atoms with Crippen molar-refractivity contribution in [1.29, 1.82) is 0 Å². The molecule has 0 atom stereocenters. The Morgan fingerprint density at radius 2 is 2.00 bits per heavy atom. The van der Waals surface area contributed by atoms with Crippen molar-refractivity contribution in [3.05, 3.63) is 24.0 Å². The van der Waals surface area contributed by atoms with E-state index in [1.54, 1.807) is 0 Å². The highest BCUT2D eigenvalue weighted by atomic mass is 35.7. The van der Waals surface area contributed by atoms with E-state index in [0.717, 1.165) is 37.8 Å². The Labute approximate surface area is 122 Å². The molecule has 0 saturated heterocycles. The van der Waals surface area contributed by atoms with E-state index in [0.29, 0.717) is 6.42 Å². The summed E-state index contributed by atoms with van der Waals surface area (Å²) >= 11 is 0. The second kappa shape index (κ2) is 7.59. The zero-order chi connectivity index (χ0) is 15.2. The summed E-state index contributed by atoms with van der Waals surface area (Å²) in [5, 5.41) is 2.52. The van der Waals surface area contributed by atoms with Gasteiger partial charge in [-0.15, -0.1) is 0 Å². The minimum atomic E-state index is -4.11. The van der Waals surface area contributed by atoms with Gasteiger partial charge < -0.3 is 5.32 Å². The zero-order valence-electron chi connectivity index (χ0n) is 11.2. The van der Waals surface area contributed by atoms with Crippen LogP contribution in [0.1, 0.15) is 39.0 Å². The summed E-state index contributed by atoms with van der Waals surface area (Å²) in [5.41, 5.74) is 0.215. The molecule has 0 spiro atoms. The Bertz CT molecular complexity index is 575. The molecule has 4 nitrogen and oxygen atoms in total. The number of anilines is 1. The van der Waals surface area contributed by atoms with Crippen molar-refractivity contribution in [2.24, 2.45) is 0 Å². The van der Waals surface area contributed by atoms with E-state index in [1.165, 1.54) is 6.07 Å². The van der Waals surface area contributed by atoms with E-state index in [1.807, 2.05) is 0 Å². The average Bonchev–Trinajstić information content (AvgIpc) is 2.33. The molecule has 0 heterocycles. The van der Waals surface area contributed by atoms with Crippen LogP contribution in [0.4, 0.5) is 10.1 Å². The Morgan fingerprint density at radius 3 is 2.55 bits per heavy atom. The molecule has 0 aliphatic carbocycles. The summed E-state index contributed by atoms with van der Waals surface area (Å²) in [6, 6.07) is 3.28. The van der Waals surface area contributed by atoms with Gasteiger partial charge in [-0.3, -0.25) is 4.79 Å². The van der Waals surface area contributed by atoms with Gasteiger partial charge in [0.2, 0.25) is 5.91 Å². The van der Waals surface area contributed by atoms with Gasteiger partial charge in [-0.2, -0.15) is 0 Å². The first kappa shape index (κ1) is 16.9. The normalized spacial score (nSPS) is 11.3. The molecule has 0 bridgehead atoms. The predicted molar refractivity (Wildman–Crippen MR) is 76.8 cm³/mol. The number of benzene rings is 1. The van der Waals surface area contributed by atoms with Crippen molar-refractivity contribution in [1.82, 2.24) is 0 Å². The van der Waals surface area contributed by atoms with Crippen LogP contribution in [0.3, 0.4) is 0 Å². The number of carbonyl (C=O) groups is 1. The lowest BCUT2D eigenvalue weighted by Crippen LogP contribution is -2.11. The molecule has 0 saturated carbocycles. The molecule has 20 heavy (non-hydrogen) atoms. The summed E-state index contributed by atoms with van der Waals surface area (Å²) in [4.78, 5) is 11.0. The number of amides is 1. The molecule has 0 radical (unpaired) electrons. The number of hydrogen-bond donors (Lipinski definition) is 1. The van der Waals surface area contributed by atoms with Crippen LogP contribution in [0.15, 0.2) is 23.1 Å². The summed E-state index contributed by atoms with van der Waals surface area (Å²) in [5.74, 6) is -1.20. The standard InChI is InChI=1S/C13H17ClFNO3S/c1-2-3-4-5-6-13(17)16-10-7-8-12(11(15)9-10)20(14,18)19/h7-9H,2-6H2,1H3,(H,16,17). The van der Waals surface area contributed by atoms with Crippen LogP contribution in [-0.4, -0.2) is 14.3 Å². The minimum Gasteiger partial charge on any atom is -0.326 e. The first-order chi connectivity index (χ1) is 9.34. The first-order valence-electron chi connectivity index (χ1n) is 6.38. The number of hydrogen-bond acceptors (Lipinski definition) is 3. The molecule has 1 aromatic rings. The maximum absolute atomic E-state index is 13.5. The molecule has 7 heteroatoms. The molecule has 1 amide bonds. The fourth-order valence-corrected chi connectivity index (χ4v) is 2.61. The summed E-state index contributed by atoms with van der Waals surface area (Å²) < 4.78 is 35.6. The second-order valence-electron chi connectivity index (χ2n) is 4.44. The Balaban J connectivity index is 2.61. The maximum Gasteiger partial charge on any atom is 0.264 e. The van der Waals surface area contributed by atoms with Crippen LogP contribution in [0.5, 0.6) is 0 Å². The lowest BCUT2D eigenvalue weighted by Gasteiger charge is -2.06. The quantitative estimate of drug-likeness (QED) is 0.615. The average molecular weight is 322 g/mol. The summed E-state index contributed by atoms with van der Waals surface area (Å²) in [7, 11) is 0.950. The van der Waals surface area contributed by atoms with Crippen molar-refractivity contribution in [3.8, 4) is 0 Å². The van der Waals surface area contributed by atoms with Crippen LogP contribution < -0.4 is 5.32 Å². The fourth-order valence-electron chi connectivity index (χ4n) is 1.71. The van der Waals surface area contributed by atoms with Crippen molar-refractivity contribution >= 4 is 31.3 Å². The van der Waals surface area contributed by atoms with Crippen molar-refractivity contribution in [2.75, 3.05) is 5.32 Å². The van der Waals surface area contributed by atoms with Crippen LogP contribution in [0.2, 0.25) is 0 Å². The van der Waals surface area contributed by atoms with Crippen LogP contribution >= 0.6 is 10.7 Å². The Kier molecular flexibility index (Phi) is 6.42. The highest BCUT2D eigenvalue weighted by molar-refractivity contribution is 8.13. The van der Waals surface area contributed by atoms with Gasteiger partial charge in [0.15, 0.2) is 0 Å². The molecular weight excluding hydrogens is 305 g/mol. The summed E-state index contributed by atoms with van der Waals surface area (Å²) in [6.07, 6.45) is 4.26. The smallest absolute Gasteiger partial charge is 0.264 e. The van der Waals surface area contributed by atoms with Gasteiger partial charge in [0.25, 0.3) is 9.05 Å². The number of rotatable bonds is 7. The van der Waals surface area contributed by atoms with E-state index in [-0.39, 0.29) is 11.6 Å². The topological polar surface area (TPSA) is 63.2 Å². The van der Waals surface area contributed by atoms with Gasteiger partial charge in [-0.25, -0.2) is 12.8 Å². The molecule has 0 unspecified atom stereocenters. The maximum atomic E-state index is 13.5. The van der Waals surface area contributed by atoms with Gasteiger partial charge in [-0.1, -0.05) is 26.2 Å². The van der Waals surface area contributed by atoms with E-state index < -0.39 is 19.8 Å². The van der Waals surface area contributed by atoms with Gasteiger partial charge in [0.1, 0.15) is 10.7 Å². The monoisotopic (exact) mass is 321 g/mol. The molecule has 0 aliphatic rings. The molecular formula is C13H17ClFNO3S. The van der Waals surface area contributed by atoms with Gasteiger partial charge in [0, 0.05) is 22.8 Å².